The second-order valence-electron chi connectivity index (χ2n) is 11.5. The Morgan fingerprint density at radius 3 is 2.18 bits per heavy atom. The van der Waals surface area contributed by atoms with Gasteiger partial charge in [-0.1, -0.05) is 111 Å². The van der Waals surface area contributed by atoms with Gasteiger partial charge in [-0.3, -0.25) is 0 Å². The molecule has 4 aromatic carbocycles. The summed E-state index contributed by atoms with van der Waals surface area (Å²) < 4.78 is 6.07. The molecule has 7 aromatic rings. The normalized spacial score (nSPS) is 11.2. The van der Waals surface area contributed by atoms with Crippen LogP contribution in [0.2, 0.25) is 0 Å². The van der Waals surface area contributed by atoms with Crippen LogP contribution < -0.4 is 0 Å². The summed E-state index contributed by atoms with van der Waals surface area (Å²) in [6.45, 7) is 8.83. The number of para-hydroxylation sites is 1. The molecule has 0 aliphatic heterocycles. The van der Waals surface area contributed by atoms with Gasteiger partial charge in [0.2, 0.25) is 0 Å². The van der Waals surface area contributed by atoms with Crippen LogP contribution >= 0.6 is 0 Å². The predicted molar refractivity (Wildman–Crippen MR) is 177 cm³/mol. The van der Waals surface area contributed by atoms with Crippen molar-refractivity contribution in [2.24, 2.45) is 0 Å². The van der Waals surface area contributed by atoms with Gasteiger partial charge in [0.15, 0.2) is 0 Å². The fourth-order valence-electron chi connectivity index (χ4n) is 5.32. The molecule has 0 aliphatic rings. The van der Waals surface area contributed by atoms with Gasteiger partial charge in [0.25, 0.3) is 0 Å². The molecule has 0 saturated heterocycles. The molecule has 0 amide bonds. The van der Waals surface area contributed by atoms with E-state index < -0.39 is 0 Å². The summed E-state index contributed by atoms with van der Waals surface area (Å²) in [6, 6.07) is 45.5. The summed E-state index contributed by atoms with van der Waals surface area (Å²) in [5, 5.41) is 2.24. The van der Waals surface area contributed by atoms with Crippen LogP contribution in [0.25, 0.3) is 44.5 Å². The van der Waals surface area contributed by atoms with Crippen molar-refractivity contribution >= 4 is 21.9 Å². The third-order valence-electron chi connectivity index (χ3n) is 8.01. The van der Waals surface area contributed by atoms with Crippen molar-refractivity contribution in [2.75, 3.05) is 0 Å². The molecule has 0 fully saturated rings. The zero-order valence-corrected chi connectivity index (χ0v) is 27.7. The number of fused-ring (bicyclic) bond motifs is 3. The topological polar surface area (TPSA) is 38.9 Å². The molecular weight excluding hydrogens is 717 g/mol. The minimum atomic E-state index is -0.0484. The maximum Gasteiger partial charge on any atom is 0.120 e. The second-order valence-corrected chi connectivity index (χ2v) is 11.5. The Hall–Kier alpha value is -4.37. The van der Waals surface area contributed by atoms with Crippen LogP contribution in [0, 0.1) is 12.1 Å². The van der Waals surface area contributed by atoms with Crippen LogP contribution in [0.4, 0.5) is 0 Å². The van der Waals surface area contributed by atoms with E-state index in [-0.39, 0.29) is 25.5 Å². The standard InChI is InChI=1S/C20H16NO.C20H18N.Ir/c1-13(2)14-10-11-21-18(12-14)17-8-5-7-16-15-6-3-4-9-19(15)22-20(16)17;1-20(2,17-11-7-4-8-12-17)18-13-14-19(21-15-18)16-9-5-3-6-10-16;/h3-7,9-13H,1-2H3;3-9,11-15H,1-2H3;/q2*-1;. The fourth-order valence-corrected chi connectivity index (χ4v) is 5.32. The van der Waals surface area contributed by atoms with Crippen molar-refractivity contribution in [2.45, 2.75) is 39.0 Å². The van der Waals surface area contributed by atoms with Crippen molar-refractivity contribution in [1.29, 1.82) is 0 Å². The minimum absolute atomic E-state index is 0. The molecule has 0 atom stereocenters. The van der Waals surface area contributed by atoms with Gasteiger partial charge in [-0.05, 0) is 40.6 Å². The number of hydrogen-bond acceptors (Lipinski definition) is 3. The molecule has 0 saturated carbocycles. The molecule has 221 valence electrons. The maximum absolute atomic E-state index is 6.07. The van der Waals surface area contributed by atoms with Crippen LogP contribution in [-0.4, -0.2) is 9.97 Å². The monoisotopic (exact) mass is 751 g/mol. The van der Waals surface area contributed by atoms with Gasteiger partial charge in [-0.15, -0.1) is 54.1 Å². The molecule has 0 unspecified atom stereocenters. The van der Waals surface area contributed by atoms with Crippen molar-refractivity contribution in [3.8, 4) is 22.5 Å². The van der Waals surface area contributed by atoms with Crippen molar-refractivity contribution in [1.82, 2.24) is 9.97 Å². The first-order valence-corrected chi connectivity index (χ1v) is 14.7. The second kappa shape index (κ2) is 13.5. The molecule has 3 aromatic heterocycles. The number of furan rings is 1. The van der Waals surface area contributed by atoms with Crippen LogP contribution in [0.15, 0.2) is 132 Å². The molecule has 44 heavy (non-hydrogen) atoms. The van der Waals surface area contributed by atoms with E-state index >= 15 is 0 Å². The summed E-state index contributed by atoms with van der Waals surface area (Å²) >= 11 is 0. The summed E-state index contributed by atoms with van der Waals surface area (Å²) in [5.74, 6) is 0.469. The third kappa shape index (κ3) is 6.43. The zero-order chi connectivity index (χ0) is 29.8. The van der Waals surface area contributed by atoms with E-state index in [1.807, 2.05) is 67.0 Å². The molecule has 3 heterocycles. The van der Waals surface area contributed by atoms with Gasteiger partial charge in [0.05, 0.1) is 5.58 Å². The van der Waals surface area contributed by atoms with E-state index in [9.17, 15) is 0 Å². The van der Waals surface area contributed by atoms with Gasteiger partial charge in [-0.2, -0.15) is 0 Å². The summed E-state index contributed by atoms with van der Waals surface area (Å²) in [6.07, 6.45) is 3.84. The number of pyridine rings is 2. The van der Waals surface area contributed by atoms with Gasteiger partial charge >= 0.3 is 0 Å². The van der Waals surface area contributed by atoms with E-state index in [0.717, 1.165) is 44.5 Å². The smallest absolute Gasteiger partial charge is 0.120 e. The van der Waals surface area contributed by atoms with Gasteiger partial charge < -0.3 is 14.4 Å². The molecule has 0 spiro atoms. The summed E-state index contributed by atoms with van der Waals surface area (Å²) in [5.41, 5.74) is 9.32. The van der Waals surface area contributed by atoms with Crippen LogP contribution in [0.1, 0.15) is 50.3 Å². The predicted octanol–water partition coefficient (Wildman–Crippen LogP) is 10.4. The van der Waals surface area contributed by atoms with Gasteiger partial charge in [0, 0.05) is 43.3 Å². The number of benzene rings is 4. The van der Waals surface area contributed by atoms with Crippen LogP contribution in [0.3, 0.4) is 0 Å². The molecule has 0 bridgehead atoms. The van der Waals surface area contributed by atoms with E-state index in [1.54, 1.807) is 0 Å². The molecule has 0 N–H and O–H groups in total. The zero-order valence-electron chi connectivity index (χ0n) is 25.3. The molecule has 4 heteroatoms. The Morgan fingerprint density at radius 2 is 1.45 bits per heavy atom. The number of aromatic nitrogens is 2. The quantitative estimate of drug-likeness (QED) is 0.165. The Morgan fingerprint density at radius 1 is 0.682 bits per heavy atom. The Bertz CT molecular complexity index is 1960. The molecule has 1 radical (unpaired) electrons. The van der Waals surface area contributed by atoms with E-state index in [0.29, 0.717) is 5.92 Å². The third-order valence-corrected chi connectivity index (χ3v) is 8.01. The van der Waals surface area contributed by atoms with Crippen molar-refractivity contribution in [3.05, 3.63) is 156 Å². The van der Waals surface area contributed by atoms with E-state index in [4.69, 9.17) is 4.42 Å². The molecule has 3 nitrogen and oxygen atoms in total. The molecule has 7 rings (SSSR count). The first-order valence-electron chi connectivity index (χ1n) is 14.7. The van der Waals surface area contributed by atoms with E-state index in [1.165, 1.54) is 16.7 Å². The average Bonchev–Trinajstić information content (AvgIpc) is 3.45. The number of nitrogens with zero attached hydrogens (tertiary/aromatic N) is 2. The van der Waals surface area contributed by atoms with Crippen LogP contribution in [0.5, 0.6) is 0 Å². The Kier molecular flexibility index (Phi) is 9.54. The summed E-state index contributed by atoms with van der Waals surface area (Å²) in [7, 11) is 0. The van der Waals surface area contributed by atoms with Crippen LogP contribution in [-0.2, 0) is 25.5 Å². The molecule has 0 aliphatic carbocycles. The SMILES string of the molecule is CC(C)(c1ccccc1)c1ccc(-c2[c-]cccc2)nc1.CC(C)c1ccnc(-c2[c-]ccc3c2oc2ccccc23)c1.[Ir]. The molecular formula is C40H34IrN2O-2. The first kappa shape index (κ1) is 31.1. The minimum Gasteiger partial charge on any atom is -0.501 e. The van der Waals surface area contributed by atoms with Gasteiger partial charge in [-0.25, -0.2) is 0 Å². The Balaban J connectivity index is 0.000000171. The Labute approximate surface area is 273 Å². The first-order chi connectivity index (χ1) is 20.9. The fraction of sp³-hybridized carbons (Fsp3) is 0.150. The number of rotatable bonds is 5. The van der Waals surface area contributed by atoms with Gasteiger partial charge in [0.1, 0.15) is 5.58 Å². The maximum atomic E-state index is 6.07. The number of hydrogen-bond donors (Lipinski definition) is 0. The van der Waals surface area contributed by atoms with E-state index in [2.05, 4.69) is 110 Å². The van der Waals surface area contributed by atoms with Crippen molar-refractivity contribution < 1.29 is 24.5 Å². The average molecular weight is 751 g/mol. The van der Waals surface area contributed by atoms with Crippen molar-refractivity contribution in [3.63, 3.8) is 0 Å². The summed E-state index contributed by atoms with van der Waals surface area (Å²) in [4.78, 5) is 9.13. The largest absolute Gasteiger partial charge is 0.501 e.